The van der Waals surface area contributed by atoms with Crippen LogP contribution in [0.5, 0.6) is 0 Å². The van der Waals surface area contributed by atoms with Gasteiger partial charge in [-0.15, -0.1) is 0 Å². The highest BCUT2D eigenvalue weighted by Crippen LogP contribution is 2.23. The number of amides is 13. The lowest BCUT2D eigenvalue weighted by molar-refractivity contribution is -0.142. The lowest BCUT2D eigenvalue weighted by Gasteiger charge is -2.30. The number of nitrogens with two attached hydrogens (primary N) is 5. The highest BCUT2D eigenvalue weighted by Gasteiger charge is 2.41. The first-order valence-electron chi connectivity index (χ1n) is 36.3. The molecule has 0 bridgehead atoms. The van der Waals surface area contributed by atoms with Crippen LogP contribution >= 0.6 is 0 Å². The molecule has 37 nitrogen and oxygen atoms in total. The van der Waals surface area contributed by atoms with Crippen LogP contribution in [-0.4, -0.2) is 236 Å². The molecule has 3 heterocycles. The molecule has 26 N–H and O–H groups in total. The average Bonchev–Trinajstić information content (AvgIpc) is 1.67. The zero-order valence-corrected chi connectivity index (χ0v) is 61.9. The molecule has 1 aliphatic rings. The largest absolute Gasteiger partial charge is 0.394 e. The van der Waals surface area contributed by atoms with E-state index in [0.717, 1.165) is 0 Å². The number of nitrogens with one attached hydrogen (secondary N) is 13. The highest BCUT2D eigenvalue weighted by molar-refractivity contribution is 6.00. The van der Waals surface area contributed by atoms with Gasteiger partial charge in [-0.2, -0.15) is 0 Å². The van der Waals surface area contributed by atoms with Gasteiger partial charge in [-0.25, -0.2) is 4.98 Å². The Balaban J connectivity index is 1.41. The monoisotopic (exact) mass is 1510 g/mol. The standard InChI is InChI=1S/C71H109N21O16/c1-7-39(5)57(91-69(107)58(40(6)8-2)90-66(104)53(36-95)87-60(98)45(73)34-93)68(106)88-52(35-94)65(103)86-51(30-43-32-77-37-81-43)64(102)84-49(28-41-18-10-9-11-19-41)63(101)83-47(23-16-26-78-71(75)76)62(100)85-50(29-42-31-79-46-21-13-12-20-44(42)46)61(99)80-33-55(96)82-48(22-14-15-25-72)70(108)92-27-17-24-54(92)67(105)89-56(38(3)4)59(74)97/h9-13,18-21,31-32,37-40,45,47-54,56-58,79,93-95H,7-8,14-17,22-30,33-36,72-73H2,1-6H3,(H2,74,97)(H,77,81)(H,80,99)(H,82,96)(H,83,101)(H,84,102)(H,85,100)(H,86,103)(H,87,98)(H,88,106)(H,89,105)(H,90,104)(H,91,107)(H4,75,76,78). The Morgan fingerprint density at radius 2 is 1.11 bits per heavy atom. The Hall–Kier alpha value is -10.6. The third-order valence-electron chi connectivity index (χ3n) is 18.7. The van der Waals surface area contributed by atoms with E-state index in [1.165, 1.54) is 17.4 Å². The minimum Gasteiger partial charge on any atom is -0.394 e. The van der Waals surface area contributed by atoms with Crippen LogP contribution in [0.4, 0.5) is 0 Å². The second-order valence-corrected chi connectivity index (χ2v) is 27.2. The molecule has 37 heteroatoms. The third-order valence-corrected chi connectivity index (χ3v) is 18.7. The Bertz CT molecular complexity index is 3690. The number of nitrogens with zero attached hydrogens (tertiary/aromatic N) is 3. The first kappa shape index (κ1) is 88.0. The van der Waals surface area contributed by atoms with Gasteiger partial charge in [0.25, 0.3) is 0 Å². The lowest BCUT2D eigenvalue weighted by atomic mass is 9.94. The molecule has 14 unspecified atom stereocenters. The van der Waals surface area contributed by atoms with E-state index in [9.17, 15) is 68.1 Å². The predicted molar refractivity (Wildman–Crippen MR) is 396 cm³/mol. The number of carbonyl (C=O) groups excluding carboxylic acids is 13. The number of imidazole rings is 1. The average molecular weight is 1510 g/mol. The van der Waals surface area contributed by atoms with Crippen LogP contribution < -0.4 is 87.2 Å². The van der Waals surface area contributed by atoms with Gasteiger partial charge < -0.3 is 117 Å². The molecule has 2 aromatic carbocycles. The molecule has 13 amide bonds. The number of benzene rings is 2. The van der Waals surface area contributed by atoms with Crippen molar-refractivity contribution in [1.29, 1.82) is 0 Å². The van der Waals surface area contributed by atoms with Gasteiger partial charge in [0.05, 0.1) is 32.7 Å². The van der Waals surface area contributed by atoms with Crippen molar-refractivity contribution < 1.29 is 77.6 Å². The summed E-state index contributed by atoms with van der Waals surface area (Å²) in [6, 6.07) is -1.34. The number of guanidine groups is 1. The summed E-state index contributed by atoms with van der Waals surface area (Å²) >= 11 is 0. The molecule has 594 valence electrons. The number of aliphatic imine (C=N–C) groups is 1. The number of aliphatic hydroxyl groups is 3. The Kier molecular flexibility index (Phi) is 36.2. The summed E-state index contributed by atoms with van der Waals surface area (Å²) in [5.74, 6) is -13.2. The summed E-state index contributed by atoms with van der Waals surface area (Å²) in [6.45, 7) is 7.07. The van der Waals surface area contributed by atoms with Gasteiger partial charge in [0.2, 0.25) is 76.8 Å². The first-order chi connectivity index (χ1) is 51.5. The van der Waals surface area contributed by atoms with E-state index in [-0.39, 0.29) is 82.9 Å². The van der Waals surface area contributed by atoms with Crippen LogP contribution in [0.25, 0.3) is 10.9 Å². The van der Waals surface area contributed by atoms with Crippen molar-refractivity contribution in [2.75, 3.05) is 46.0 Å². The maximum Gasteiger partial charge on any atom is 0.245 e. The SMILES string of the molecule is CCC(C)C(NC(=O)C(CO)NC(=O)C(N)CO)C(=O)NC(C(=O)NC(CO)C(=O)NC(Cc1cnc[nH]1)C(=O)NC(Cc1ccccc1)C(=O)NC(CCCN=C(N)N)C(=O)NC(Cc1c[nH]c2ccccc12)C(=O)NCC(=O)NC(CCCCN)C(=O)N1CCCC1C(=O)NC(C(N)=O)C(C)C)C(C)CC. The van der Waals surface area contributed by atoms with E-state index in [2.05, 4.69) is 78.4 Å². The number of aromatic amines is 2. The van der Waals surface area contributed by atoms with Crippen molar-refractivity contribution in [3.05, 3.63) is 90.1 Å². The van der Waals surface area contributed by atoms with Crippen LogP contribution in [-0.2, 0) is 81.6 Å². The maximum atomic E-state index is 15.1. The second-order valence-electron chi connectivity index (χ2n) is 27.2. The molecule has 1 saturated heterocycles. The van der Waals surface area contributed by atoms with Gasteiger partial charge >= 0.3 is 0 Å². The van der Waals surface area contributed by atoms with Gasteiger partial charge in [-0.1, -0.05) is 103 Å². The van der Waals surface area contributed by atoms with Crippen molar-refractivity contribution >= 4 is 93.7 Å². The van der Waals surface area contributed by atoms with E-state index in [0.29, 0.717) is 53.4 Å². The summed E-state index contributed by atoms with van der Waals surface area (Å²) in [5.41, 5.74) is 30.3. The van der Waals surface area contributed by atoms with Crippen LogP contribution in [0.3, 0.4) is 0 Å². The molecule has 0 radical (unpaired) electrons. The number of unbranched alkanes of at least 4 members (excludes halogenated alkanes) is 1. The number of fused-ring (bicyclic) bond motifs is 1. The van der Waals surface area contributed by atoms with Crippen molar-refractivity contribution in [3.8, 4) is 0 Å². The zero-order chi connectivity index (χ0) is 79.7. The summed E-state index contributed by atoms with van der Waals surface area (Å²) in [6.07, 6.45) is 5.76. The van der Waals surface area contributed by atoms with E-state index in [4.69, 9.17) is 28.7 Å². The first-order valence-corrected chi connectivity index (χ1v) is 36.3. The van der Waals surface area contributed by atoms with Gasteiger partial charge in [0.1, 0.15) is 72.5 Å². The van der Waals surface area contributed by atoms with Crippen molar-refractivity contribution in [2.24, 2.45) is 51.4 Å². The molecule has 1 fully saturated rings. The van der Waals surface area contributed by atoms with E-state index >= 15 is 9.59 Å². The molecule has 4 aromatic rings. The van der Waals surface area contributed by atoms with Crippen molar-refractivity contribution in [3.63, 3.8) is 0 Å². The fourth-order valence-electron chi connectivity index (χ4n) is 12.0. The molecule has 0 spiro atoms. The number of hydrogen-bond acceptors (Lipinski definition) is 20. The second kappa shape index (κ2) is 44.5. The summed E-state index contributed by atoms with van der Waals surface area (Å²) in [4.78, 5) is 198. The molecule has 108 heavy (non-hydrogen) atoms. The molecule has 0 saturated carbocycles. The Morgan fingerprint density at radius 1 is 0.574 bits per heavy atom. The van der Waals surface area contributed by atoms with Crippen LogP contribution in [0, 0.1) is 17.8 Å². The number of aliphatic hydroxyl groups excluding tert-OH is 3. The predicted octanol–water partition coefficient (Wildman–Crippen LogP) is -5.41. The van der Waals surface area contributed by atoms with Crippen molar-refractivity contribution in [2.45, 2.75) is 191 Å². The van der Waals surface area contributed by atoms with E-state index < -0.39 is 187 Å². The van der Waals surface area contributed by atoms with Gasteiger partial charge in [0, 0.05) is 61.3 Å². The van der Waals surface area contributed by atoms with Gasteiger partial charge in [-0.3, -0.25) is 67.3 Å². The number of H-pyrrole nitrogens is 2. The highest BCUT2D eigenvalue weighted by atomic mass is 16.3. The molecule has 0 aliphatic carbocycles. The fraction of sp³-hybridized carbons (Fsp3) is 0.563. The van der Waals surface area contributed by atoms with Crippen LogP contribution in [0.15, 0.2) is 78.3 Å². The number of aromatic nitrogens is 3. The minimum atomic E-state index is -1.80. The number of hydrogen-bond donors (Lipinski definition) is 21. The fourth-order valence-corrected chi connectivity index (χ4v) is 12.0. The lowest BCUT2D eigenvalue weighted by Crippen LogP contribution is -2.63. The summed E-state index contributed by atoms with van der Waals surface area (Å²) in [5, 5.41) is 59.2. The van der Waals surface area contributed by atoms with Gasteiger partial charge in [0.15, 0.2) is 5.96 Å². The number of para-hydroxylation sites is 1. The van der Waals surface area contributed by atoms with Crippen LogP contribution in [0.1, 0.15) is 116 Å². The third kappa shape index (κ3) is 27.0. The molecular weight excluding hydrogens is 1400 g/mol. The van der Waals surface area contributed by atoms with Gasteiger partial charge in [-0.05, 0) is 86.4 Å². The molecular formula is C71H109N21O16. The number of carbonyl (C=O) groups is 13. The number of primary amides is 1. The van der Waals surface area contributed by atoms with Crippen molar-refractivity contribution in [1.82, 2.24) is 78.3 Å². The number of rotatable bonds is 46. The quantitative estimate of drug-likeness (QED) is 0.0112. The zero-order valence-electron chi connectivity index (χ0n) is 61.9. The Labute approximate surface area is 625 Å². The Morgan fingerprint density at radius 3 is 1.69 bits per heavy atom. The molecule has 2 aromatic heterocycles. The van der Waals surface area contributed by atoms with E-state index in [1.807, 2.05) is 0 Å². The van der Waals surface area contributed by atoms with E-state index in [1.54, 1.807) is 102 Å². The normalized spacial score (nSPS) is 16.3. The topological polar surface area (TPSA) is 605 Å². The molecule has 1 aliphatic heterocycles. The maximum absolute atomic E-state index is 15.1. The minimum absolute atomic E-state index is 0.0367. The summed E-state index contributed by atoms with van der Waals surface area (Å²) < 4.78 is 0. The smallest absolute Gasteiger partial charge is 0.245 e. The summed E-state index contributed by atoms with van der Waals surface area (Å²) in [7, 11) is 0. The molecule has 14 atom stereocenters. The molecule has 5 rings (SSSR count). The van der Waals surface area contributed by atoms with Crippen LogP contribution in [0.2, 0.25) is 0 Å². The number of likely N-dealkylation sites (tertiary alicyclic amines) is 1.